The van der Waals surface area contributed by atoms with Crippen LogP contribution in [-0.4, -0.2) is 19.7 Å². The first-order valence-corrected chi connectivity index (χ1v) is 6.10. The van der Waals surface area contributed by atoms with E-state index in [0.717, 1.165) is 22.9 Å². The molecule has 0 radical (unpaired) electrons. The summed E-state index contributed by atoms with van der Waals surface area (Å²) in [6.07, 6.45) is 2.32. The van der Waals surface area contributed by atoms with Crippen LogP contribution in [0.25, 0.3) is 0 Å². The minimum absolute atomic E-state index is 0.209. The zero-order valence-corrected chi connectivity index (χ0v) is 11.4. The van der Waals surface area contributed by atoms with E-state index in [1.54, 1.807) is 10.9 Å². The Kier molecular flexibility index (Phi) is 3.63. The van der Waals surface area contributed by atoms with Crippen LogP contribution in [0.2, 0.25) is 5.02 Å². The smallest absolute Gasteiger partial charge is 0.125 e. The van der Waals surface area contributed by atoms with Crippen LogP contribution in [0.15, 0.2) is 12.3 Å². The summed E-state index contributed by atoms with van der Waals surface area (Å²) in [6, 6.07) is 1.62. The standard InChI is InChI=1S/C12H16ClN5/c1-7-12(13)11(18(3)17-7)6-9(14)10-4-5-15-8(2)16-10/h4-5,9H,6,14H2,1-3H3. The molecule has 0 aliphatic heterocycles. The maximum atomic E-state index is 6.21. The van der Waals surface area contributed by atoms with Crippen LogP contribution < -0.4 is 5.73 Å². The molecule has 0 aliphatic rings. The minimum atomic E-state index is -0.209. The molecule has 18 heavy (non-hydrogen) atoms. The molecule has 2 aromatic heterocycles. The van der Waals surface area contributed by atoms with Crippen LogP contribution in [0.4, 0.5) is 0 Å². The van der Waals surface area contributed by atoms with Crippen molar-refractivity contribution in [3.63, 3.8) is 0 Å². The second kappa shape index (κ2) is 5.04. The SMILES string of the molecule is Cc1nccc(C(N)Cc2c(Cl)c(C)nn2C)n1. The van der Waals surface area contributed by atoms with Crippen molar-refractivity contribution in [3.8, 4) is 0 Å². The lowest BCUT2D eigenvalue weighted by Crippen LogP contribution is -2.17. The van der Waals surface area contributed by atoms with Crippen molar-refractivity contribution in [1.82, 2.24) is 19.7 Å². The van der Waals surface area contributed by atoms with Crippen LogP contribution >= 0.6 is 11.6 Å². The molecule has 2 N–H and O–H groups in total. The molecule has 2 aromatic rings. The van der Waals surface area contributed by atoms with Crippen LogP contribution in [0.5, 0.6) is 0 Å². The zero-order valence-electron chi connectivity index (χ0n) is 10.7. The summed E-state index contributed by atoms with van der Waals surface area (Å²) in [5.41, 5.74) is 8.72. The van der Waals surface area contributed by atoms with Crippen molar-refractivity contribution in [2.24, 2.45) is 12.8 Å². The van der Waals surface area contributed by atoms with Gasteiger partial charge in [-0.3, -0.25) is 4.68 Å². The molecule has 0 fully saturated rings. The van der Waals surface area contributed by atoms with Crippen LogP contribution in [0.3, 0.4) is 0 Å². The van der Waals surface area contributed by atoms with Crippen molar-refractivity contribution in [2.45, 2.75) is 26.3 Å². The molecule has 1 unspecified atom stereocenters. The highest BCUT2D eigenvalue weighted by atomic mass is 35.5. The molecule has 0 aliphatic carbocycles. The van der Waals surface area contributed by atoms with Gasteiger partial charge in [-0.25, -0.2) is 9.97 Å². The molecule has 2 heterocycles. The van der Waals surface area contributed by atoms with E-state index in [4.69, 9.17) is 17.3 Å². The molecule has 0 aromatic carbocycles. The molecule has 0 amide bonds. The highest BCUT2D eigenvalue weighted by Crippen LogP contribution is 2.23. The van der Waals surface area contributed by atoms with E-state index in [2.05, 4.69) is 15.1 Å². The van der Waals surface area contributed by atoms with Gasteiger partial charge in [0.2, 0.25) is 0 Å². The van der Waals surface area contributed by atoms with Gasteiger partial charge in [0.25, 0.3) is 0 Å². The Morgan fingerprint density at radius 3 is 2.72 bits per heavy atom. The first-order chi connectivity index (χ1) is 8.49. The number of nitrogens with two attached hydrogens (primary N) is 1. The third-order valence-electron chi connectivity index (χ3n) is 2.85. The fourth-order valence-corrected chi connectivity index (χ4v) is 2.13. The van der Waals surface area contributed by atoms with E-state index in [-0.39, 0.29) is 6.04 Å². The van der Waals surface area contributed by atoms with Crippen molar-refractivity contribution >= 4 is 11.6 Å². The molecule has 0 saturated carbocycles. The van der Waals surface area contributed by atoms with Gasteiger partial charge in [-0.15, -0.1) is 0 Å². The third kappa shape index (κ3) is 2.52. The monoisotopic (exact) mass is 265 g/mol. The summed E-state index contributed by atoms with van der Waals surface area (Å²) < 4.78 is 1.77. The lowest BCUT2D eigenvalue weighted by Gasteiger charge is -2.11. The van der Waals surface area contributed by atoms with Gasteiger partial charge in [-0.2, -0.15) is 5.10 Å². The summed E-state index contributed by atoms with van der Waals surface area (Å²) in [7, 11) is 1.87. The van der Waals surface area contributed by atoms with E-state index in [9.17, 15) is 0 Å². The Hall–Kier alpha value is -1.46. The Morgan fingerprint density at radius 2 is 2.17 bits per heavy atom. The number of rotatable bonds is 3. The normalized spacial score (nSPS) is 12.7. The Morgan fingerprint density at radius 1 is 1.44 bits per heavy atom. The van der Waals surface area contributed by atoms with E-state index >= 15 is 0 Å². The number of aromatic nitrogens is 4. The lowest BCUT2D eigenvalue weighted by atomic mass is 10.1. The number of hydrogen-bond donors (Lipinski definition) is 1. The summed E-state index contributed by atoms with van der Waals surface area (Å²) in [5.74, 6) is 0.718. The van der Waals surface area contributed by atoms with Gasteiger partial charge in [0.05, 0.1) is 28.1 Å². The van der Waals surface area contributed by atoms with Gasteiger partial charge in [-0.1, -0.05) is 11.6 Å². The van der Waals surface area contributed by atoms with E-state index in [1.807, 2.05) is 27.0 Å². The largest absolute Gasteiger partial charge is 0.322 e. The lowest BCUT2D eigenvalue weighted by molar-refractivity contribution is 0.625. The van der Waals surface area contributed by atoms with Gasteiger partial charge >= 0.3 is 0 Å². The van der Waals surface area contributed by atoms with Crippen molar-refractivity contribution in [2.75, 3.05) is 0 Å². The molecular weight excluding hydrogens is 250 g/mol. The highest BCUT2D eigenvalue weighted by molar-refractivity contribution is 6.31. The fourth-order valence-electron chi connectivity index (χ4n) is 1.90. The minimum Gasteiger partial charge on any atom is -0.322 e. The topological polar surface area (TPSA) is 69.6 Å². The molecule has 5 nitrogen and oxygen atoms in total. The molecule has 2 rings (SSSR count). The van der Waals surface area contributed by atoms with Crippen molar-refractivity contribution < 1.29 is 0 Å². The maximum absolute atomic E-state index is 6.21. The van der Waals surface area contributed by atoms with Crippen molar-refractivity contribution in [3.05, 3.63) is 40.2 Å². The summed E-state index contributed by atoms with van der Waals surface area (Å²) in [4.78, 5) is 8.38. The molecule has 6 heteroatoms. The Balaban J connectivity index is 2.24. The van der Waals surface area contributed by atoms with Gasteiger partial charge < -0.3 is 5.73 Å². The second-order valence-corrected chi connectivity index (χ2v) is 4.69. The average molecular weight is 266 g/mol. The summed E-state index contributed by atoms with van der Waals surface area (Å²) in [5, 5.41) is 4.95. The van der Waals surface area contributed by atoms with E-state index in [1.165, 1.54) is 0 Å². The first kappa shape index (κ1) is 13.0. The predicted octanol–water partition coefficient (Wildman–Crippen LogP) is 1.72. The van der Waals surface area contributed by atoms with Gasteiger partial charge in [0.1, 0.15) is 5.82 Å². The van der Waals surface area contributed by atoms with Gasteiger partial charge in [0.15, 0.2) is 0 Å². The molecule has 0 spiro atoms. The van der Waals surface area contributed by atoms with Gasteiger partial charge in [0, 0.05) is 19.7 Å². The van der Waals surface area contributed by atoms with Crippen molar-refractivity contribution in [1.29, 1.82) is 0 Å². The number of nitrogens with zero attached hydrogens (tertiary/aromatic N) is 4. The van der Waals surface area contributed by atoms with Crippen LogP contribution in [-0.2, 0) is 13.5 Å². The molecular formula is C12H16ClN5. The zero-order chi connectivity index (χ0) is 13.3. The number of halogens is 1. The number of hydrogen-bond acceptors (Lipinski definition) is 4. The van der Waals surface area contributed by atoms with E-state index in [0.29, 0.717) is 11.4 Å². The Bertz CT molecular complexity index is 564. The molecule has 96 valence electrons. The van der Waals surface area contributed by atoms with E-state index < -0.39 is 0 Å². The van der Waals surface area contributed by atoms with Crippen LogP contribution in [0, 0.1) is 13.8 Å². The van der Waals surface area contributed by atoms with Gasteiger partial charge in [-0.05, 0) is 19.9 Å². The quantitative estimate of drug-likeness (QED) is 0.917. The van der Waals surface area contributed by atoms with Crippen LogP contribution in [0.1, 0.15) is 28.9 Å². The molecule has 0 bridgehead atoms. The first-order valence-electron chi connectivity index (χ1n) is 5.72. The third-order valence-corrected chi connectivity index (χ3v) is 3.34. The molecule has 1 atom stereocenters. The highest BCUT2D eigenvalue weighted by Gasteiger charge is 2.16. The Labute approximate surface area is 111 Å². The summed E-state index contributed by atoms with van der Waals surface area (Å²) >= 11 is 6.21. The molecule has 0 saturated heterocycles. The fraction of sp³-hybridized carbons (Fsp3) is 0.417. The summed E-state index contributed by atoms with van der Waals surface area (Å²) in [6.45, 7) is 3.73. The maximum Gasteiger partial charge on any atom is 0.125 e. The predicted molar refractivity (Wildman–Crippen MR) is 70.4 cm³/mol. The average Bonchev–Trinajstić information content (AvgIpc) is 2.56. The number of aryl methyl sites for hydroxylation is 3. The second-order valence-electron chi connectivity index (χ2n) is 4.31.